The minimum Gasteiger partial charge on any atom is -0.347 e. The van der Waals surface area contributed by atoms with E-state index < -0.39 is 0 Å². The van der Waals surface area contributed by atoms with Gasteiger partial charge in [-0.05, 0) is 33.2 Å². The maximum absolute atomic E-state index is 2.22. The van der Waals surface area contributed by atoms with E-state index in [1.165, 1.54) is 11.4 Å². The van der Waals surface area contributed by atoms with Crippen LogP contribution < -0.4 is 4.90 Å². The van der Waals surface area contributed by atoms with Crippen molar-refractivity contribution in [3.8, 4) is 0 Å². The lowest BCUT2D eigenvalue weighted by Crippen LogP contribution is -2.26. The van der Waals surface area contributed by atoms with Crippen LogP contribution in [0.1, 0.15) is 6.92 Å². The van der Waals surface area contributed by atoms with E-state index in [2.05, 4.69) is 68.2 Å². The van der Waals surface area contributed by atoms with E-state index in [1.807, 2.05) is 6.07 Å². The van der Waals surface area contributed by atoms with Gasteiger partial charge in [0.25, 0.3) is 0 Å². The molecule has 2 nitrogen and oxygen atoms in total. The van der Waals surface area contributed by atoms with Crippen LogP contribution in [0.25, 0.3) is 0 Å². The Labute approximate surface area is 92.8 Å². The van der Waals surface area contributed by atoms with Gasteiger partial charge in [0.1, 0.15) is 0 Å². The first-order valence-corrected chi connectivity index (χ1v) is 5.24. The molecule has 0 heterocycles. The van der Waals surface area contributed by atoms with Gasteiger partial charge in [0.15, 0.2) is 0 Å². The predicted molar refractivity (Wildman–Crippen MR) is 67.2 cm³/mol. The fourth-order valence-electron chi connectivity index (χ4n) is 1.53. The quantitative estimate of drug-likeness (QED) is 0.744. The average molecular weight is 204 g/mol. The molecule has 0 radical (unpaired) electrons. The summed E-state index contributed by atoms with van der Waals surface area (Å²) < 4.78 is 0. The molecule has 15 heavy (non-hydrogen) atoms. The standard InChI is InChI=1S/C13H20N2/c1-5-12(11-14(2)3)15(4)13-9-7-6-8-10-13/h5-10H,11H2,1-4H3/b12-5-. The highest BCUT2D eigenvalue weighted by molar-refractivity contribution is 5.51. The number of rotatable bonds is 4. The molecule has 0 atom stereocenters. The first-order chi connectivity index (χ1) is 7.15. The van der Waals surface area contributed by atoms with Gasteiger partial charge in [-0.25, -0.2) is 0 Å². The highest BCUT2D eigenvalue weighted by Crippen LogP contribution is 2.16. The van der Waals surface area contributed by atoms with E-state index in [4.69, 9.17) is 0 Å². The zero-order valence-corrected chi connectivity index (χ0v) is 10.1. The summed E-state index contributed by atoms with van der Waals surface area (Å²) in [4.78, 5) is 4.40. The third kappa shape index (κ3) is 3.40. The molecular formula is C13H20N2. The topological polar surface area (TPSA) is 6.48 Å². The second kappa shape index (κ2) is 5.56. The summed E-state index contributed by atoms with van der Waals surface area (Å²) in [5, 5.41) is 0. The lowest BCUT2D eigenvalue weighted by atomic mass is 10.2. The van der Waals surface area contributed by atoms with Gasteiger partial charge < -0.3 is 9.80 Å². The fourth-order valence-corrected chi connectivity index (χ4v) is 1.53. The van der Waals surface area contributed by atoms with Gasteiger partial charge in [-0.15, -0.1) is 0 Å². The SMILES string of the molecule is C/C=C(/CN(C)C)N(C)c1ccccc1. The second-order valence-electron chi connectivity index (χ2n) is 3.91. The Kier molecular flexibility index (Phi) is 4.37. The third-order valence-corrected chi connectivity index (χ3v) is 2.39. The van der Waals surface area contributed by atoms with Crippen molar-refractivity contribution < 1.29 is 0 Å². The Morgan fingerprint density at radius 2 is 1.73 bits per heavy atom. The molecule has 0 fully saturated rings. The molecule has 1 aromatic carbocycles. The van der Waals surface area contributed by atoms with Gasteiger partial charge in [0.2, 0.25) is 0 Å². The second-order valence-corrected chi connectivity index (χ2v) is 3.91. The molecule has 0 saturated heterocycles. The molecule has 0 aliphatic rings. The molecule has 1 aromatic rings. The minimum absolute atomic E-state index is 0.960. The zero-order valence-electron chi connectivity index (χ0n) is 10.1. The summed E-state index contributed by atoms with van der Waals surface area (Å²) in [5.41, 5.74) is 2.54. The number of allylic oxidation sites excluding steroid dienone is 1. The van der Waals surface area contributed by atoms with Gasteiger partial charge in [0, 0.05) is 25.0 Å². The van der Waals surface area contributed by atoms with Crippen molar-refractivity contribution in [2.75, 3.05) is 32.6 Å². The molecule has 0 unspecified atom stereocenters. The molecule has 0 bridgehead atoms. The highest BCUT2D eigenvalue weighted by Gasteiger charge is 2.06. The van der Waals surface area contributed by atoms with E-state index in [0.717, 1.165) is 6.54 Å². The normalized spacial score (nSPS) is 11.9. The van der Waals surface area contributed by atoms with E-state index >= 15 is 0 Å². The van der Waals surface area contributed by atoms with E-state index in [1.54, 1.807) is 0 Å². The lowest BCUT2D eigenvalue weighted by molar-refractivity contribution is 0.441. The van der Waals surface area contributed by atoms with Crippen molar-refractivity contribution in [3.05, 3.63) is 42.1 Å². The van der Waals surface area contributed by atoms with Crippen molar-refractivity contribution in [1.29, 1.82) is 0 Å². The number of hydrogen-bond acceptors (Lipinski definition) is 2. The first-order valence-electron chi connectivity index (χ1n) is 5.24. The van der Waals surface area contributed by atoms with Crippen LogP contribution in [0.2, 0.25) is 0 Å². The van der Waals surface area contributed by atoms with E-state index in [-0.39, 0.29) is 0 Å². The average Bonchev–Trinajstić information content (AvgIpc) is 2.26. The molecule has 0 spiro atoms. The third-order valence-electron chi connectivity index (χ3n) is 2.39. The maximum Gasteiger partial charge on any atom is 0.0405 e. The van der Waals surface area contributed by atoms with Crippen molar-refractivity contribution in [1.82, 2.24) is 4.90 Å². The van der Waals surface area contributed by atoms with E-state index in [9.17, 15) is 0 Å². The zero-order chi connectivity index (χ0) is 11.3. The Bertz CT molecular complexity index is 315. The molecular weight excluding hydrogens is 184 g/mol. The number of anilines is 1. The Balaban J connectivity index is 2.79. The highest BCUT2D eigenvalue weighted by atomic mass is 15.2. The molecule has 1 rings (SSSR count). The molecule has 82 valence electrons. The maximum atomic E-state index is 2.22. The summed E-state index contributed by atoms with van der Waals surface area (Å²) in [6.45, 7) is 3.04. The van der Waals surface area contributed by atoms with Crippen molar-refractivity contribution >= 4 is 5.69 Å². The molecule has 0 N–H and O–H groups in total. The minimum atomic E-state index is 0.960. The summed E-state index contributed by atoms with van der Waals surface area (Å²) in [6, 6.07) is 10.4. The number of nitrogens with zero attached hydrogens (tertiary/aromatic N) is 2. The van der Waals surface area contributed by atoms with Crippen LogP contribution in [-0.4, -0.2) is 32.6 Å². The van der Waals surface area contributed by atoms with Gasteiger partial charge in [-0.2, -0.15) is 0 Å². The summed E-state index contributed by atoms with van der Waals surface area (Å²) in [5.74, 6) is 0. The van der Waals surface area contributed by atoms with E-state index in [0.29, 0.717) is 0 Å². The molecule has 0 aliphatic heterocycles. The molecule has 0 saturated carbocycles. The van der Waals surface area contributed by atoms with Crippen LogP contribution >= 0.6 is 0 Å². The molecule has 0 amide bonds. The first kappa shape index (κ1) is 11.8. The summed E-state index contributed by atoms with van der Waals surface area (Å²) in [7, 11) is 6.28. The van der Waals surface area contributed by atoms with Gasteiger partial charge >= 0.3 is 0 Å². The van der Waals surface area contributed by atoms with Crippen molar-refractivity contribution in [3.63, 3.8) is 0 Å². The van der Waals surface area contributed by atoms with Crippen LogP contribution in [0, 0.1) is 0 Å². The molecule has 2 heteroatoms. The van der Waals surface area contributed by atoms with Crippen LogP contribution in [-0.2, 0) is 0 Å². The van der Waals surface area contributed by atoms with Crippen LogP contribution in [0.4, 0.5) is 5.69 Å². The summed E-state index contributed by atoms with van der Waals surface area (Å²) >= 11 is 0. The number of benzene rings is 1. The summed E-state index contributed by atoms with van der Waals surface area (Å²) in [6.07, 6.45) is 2.16. The van der Waals surface area contributed by atoms with Crippen molar-refractivity contribution in [2.24, 2.45) is 0 Å². The monoisotopic (exact) mass is 204 g/mol. The van der Waals surface area contributed by atoms with Crippen molar-refractivity contribution in [2.45, 2.75) is 6.92 Å². The molecule has 0 aliphatic carbocycles. The number of para-hydroxylation sites is 1. The van der Waals surface area contributed by atoms with Gasteiger partial charge in [0.05, 0.1) is 0 Å². The van der Waals surface area contributed by atoms with Crippen LogP contribution in [0.5, 0.6) is 0 Å². The Morgan fingerprint density at radius 1 is 1.13 bits per heavy atom. The Morgan fingerprint density at radius 3 is 2.20 bits per heavy atom. The predicted octanol–water partition coefficient (Wildman–Crippen LogP) is 2.59. The Hall–Kier alpha value is -1.28. The van der Waals surface area contributed by atoms with Gasteiger partial charge in [-0.1, -0.05) is 24.3 Å². The van der Waals surface area contributed by atoms with Crippen LogP contribution in [0.3, 0.4) is 0 Å². The van der Waals surface area contributed by atoms with Crippen LogP contribution in [0.15, 0.2) is 42.1 Å². The van der Waals surface area contributed by atoms with Gasteiger partial charge in [-0.3, -0.25) is 0 Å². The largest absolute Gasteiger partial charge is 0.347 e. The number of hydrogen-bond donors (Lipinski definition) is 0. The smallest absolute Gasteiger partial charge is 0.0405 e. The number of likely N-dealkylation sites (N-methyl/N-ethyl adjacent to an activating group) is 2. The fraction of sp³-hybridized carbons (Fsp3) is 0.385. The lowest BCUT2D eigenvalue weighted by Gasteiger charge is -2.25. The molecule has 0 aromatic heterocycles.